The molecule has 2 rings (SSSR count). The molecule has 0 bridgehead atoms. The van der Waals surface area contributed by atoms with Crippen molar-refractivity contribution in [2.75, 3.05) is 19.6 Å². The van der Waals surface area contributed by atoms with Gasteiger partial charge in [-0.2, -0.15) is 0 Å². The number of nitrogens with zero attached hydrogens (tertiary/aromatic N) is 1. The van der Waals surface area contributed by atoms with E-state index >= 15 is 0 Å². The lowest BCUT2D eigenvalue weighted by Crippen LogP contribution is -2.30. The zero-order chi connectivity index (χ0) is 15.1. The molecular weight excluding hydrogens is 294 g/mol. The number of halogens is 1. The summed E-state index contributed by atoms with van der Waals surface area (Å²) in [5.74, 6) is 0. The molecule has 0 aliphatic carbocycles. The van der Waals surface area contributed by atoms with E-state index in [1.54, 1.807) is 5.19 Å². The second kappa shape index (κ2) is 8.97. The number of aryl methyl sites for hydroxylation is 1. The Morgan fingerprint density at radius 2 is 1.81 bits per heavy atom. The van der Waals surface area contributed by atoms with Crippen molar-refractivity contribution in [2.45, 2.75) is 58.0 Å². The molecule has 1 fully saturated rings. The Bertz CT molecular complexity index is 427. The van der Waals surface area contributed by atoms with Gasteiger partial charge in [-0.25, -0.2) is 0 Å². The molecule has 1 aliphatic rings. The van der Waals surface area contributed by atoms with Crippen LogP contribution in [0.3, 0.4) is 0 Å². The van der Waals surface area contributed by atoms with Crippen LogP contribution in [-0.2, 0) is 6.42 Å². The largest absolute Gasteiger partial charge is 0.303 e. The molecule has 1 heterocycles. The van der Waals surface area contributed by atoms with Crippen LogP contribution < -0.4 is 5.19 Å². The lowest BCUT2D eigenvalue weighted by molar-refractivity contribution is 0.224. The van der Waals surface area contributed by atoms with Gasteiger partial charge in [-0.15, -0.1) is 0 Å². The van der Waals surface area contributed by atoms with Crippen LogP contribution in [0.25, 0.3) is 0 Å². The minimum absolute atomic E-state index is 0.738. The van der Waals surface area contributed by atoms with Gasteiger partial charge in [0.15, 0.2) is 0 Å². The summed E-state index contributed by atoms with van der Waals surface area (Å²) in [4.78, 5) is 2.65. The molecule has 0 saturated carbocycles. The van der Waals surface area contributed by atoms with Gasteiger partial charge in [0.2, 0.25) is 0 Å². The summed E-state index contributed by atoms with van der Waals surface area (Å²) in [6.45, 7) is 8.78. The van der Waals surface area contributed by atoms with Crippen LogP contribution in [-0.4, -0.2) is 33.3 Å². The molecule has 0 spiro atoms. The van der Waals surface area contributed by atoms with E-state index in [9.17, 15) is 0 Å². The monoisotopic (exact) mass is 323 g/mol. The number of likely N-dealkylation sites (tertiary alicyclic amines) is 1. The predicted octanol–water partition coefficient (Wildman–Crippen LogP) is 4.23. The van der Waals surface area contributed by atoms with Crippen molar-refractivity contribution in [3.8, 4) is 0 Å². The number of rotatable bonds is 7. The van der Waals surface area contributed by atoms with E-state index in [0.29, 0.717) is 0 Å². The van der Waals surface area contributed by atoms with Gasteiger partial charge in [-0.3, -0.25) is 0 Å². The molecule has 1 nitrogen and oxygen atoms in total. The Labute approximate surface area is 137 Å². The number of unbranched alkanes of at least 4 members (excludes halogenated alkanes) is 2. The van der Waals surface area contributed by atoms with Crippen molar-refractivity contribution in [1.29, 1.82) is 0 Å². The normalized spacial score (nSPS) is 16.6. The first-order chi connectivity index (χ1) is 10.2. The third kappa shape index (κ3) is 5.76. The fourth-order valence-corrected chi connectivity index (χ4v) is 5.01. The summed E-state index contributed by atoms with van der Waals surface area (Å²) in [5.41, 5.74) is 1.52. The summed E-state index contributed by atoms with van der Waals surface area (Å²) < 4.78 is 0. The topological polar surface area (TPSA) is 3.24 Å². The summed E-state index contributed by atoms with van der Waals surface area (Å²) in [6.07, 6.45) is 9.48. The standard InChI is InChI=1S/C18H30ClNSi/c1-21(2)18-11-10-17(19)15-16(18)9-5-3-6-12-20-13-7-4-8-14-20/h10-11,15,21H,3-9,12-14H2,1-2H3. The van der Waals surface area contributed by atoms with E-state index in [0.717, 1.165) is 5.02 Å². The summed E-state index contributed by atoms with van der Waals surface area (Å²) in [5, 5.41) is 2.51. The SMILES string of the molecule is C[SiH](C)c1ccc(Cl)cc1CCCCCN1CCCCC1. The van der Waals surface area contributed by atoms with Crippen molar-refractivity contribution in [1.82, 2.24) is 4.90 Å². The third-order valence-corrected chi connectivity index (χ3v) is 6.64. The molecule has 1 aromatic carbocycles. The maximum Gasteiger partial charge on any atom is 0.0650 e. The van der Waals surface area contributed by atoms with E-state index in [-0.39, 0.29) is 0 Å². The van der Waals surface area contributed by atoms with Crippen LogP contribution in [0.4, 0.5) is 0 Å². The number of benzene rings is 1. The van der Waals surface area contributed by atoms with Crippen molar-refractivity contribution in [3.63, 3.8) is 0 Å². The average Bonchev–Trinajstić information content (AvgIpc) is 2.48. The van der Waals surface area contributed by atoms with Gasteiger partial charge in [0.05, 0.1) is 8.80 Å². The van der Waals surface area contributed by atoms with Gasteiger partial charge in [0.25, 0.3) is 0 Å². The minimum Gasteiger partial charge on any atom is -0.303 e. The molecule has 0 unspecified atom stereocenters. The molecular formula is C18H30ClNSi. The van der Waals surface area contributed by atoms with Gasteiger partial charge < -0.3 is 4.90 Å². The molecule has 0 radical (unpaired) electrons. The van der Waals surface area contributed by atoms with E-state index < -0.39 is 8.80 Å². The van der Waals surface area contributed by atoms with Gasteiger partial charge in [0, 0.05) is 5.02 Å². The van der Waals surface area contributed by atoms with E-state index in [1.807, 2.05) is 0 Å². The Hall–Kier alpha value is -0.313. The molecule has 0 amide bonds. The summed E-state index contributed by atoms with van der Waals surface area (Å²) in [6, 6.07) is 6.53. The highest BCUT2D eigenvalue weighted by Gasteiger charge is 2.10. The van der Waals surface area contributed by atoms with Crippen LogP contribution in [0.1, 0.15) is 44.1 Å². The average molecular weight is 324 g/mol. The molecule has 0 aromatic heterocycles. The van der Waals surface area contributed by atoms with Gasteiger partial charge >= 0.3 is 0 Å². The molecule has 0 atom stereocenters. The molecule has 21 heavy (non-hydrogen) atoms. The zero-order valence-corrected chi connectivity index (χ0v) is 15.6. The molecule has 0 N–H and O–H groups in total. The zero-order valence-electron chi connectivity index (χ0n) is 13.7. The maximum atomic E-state index is 6.17. The van der Waals surface area contributed by atoms with Crippen LogP contribution in [0.5, 0.6) is 0 Å². The first-order valence-electron chi connectivity index (χ1n) is 8.67. The lowest BCUT2D eigenvalue weighted by atomic mass is 10.1. The second-order valence-electron chi connectivity index (χ2n) is 6.71. The van der Waals surface area contributed by atoms with Gasteiger partial charge in [0.1, 0.15) is 0 Å². The van der Waals surface area contributed by atoms with E-state index in [2.05, 4.69) is 36.2 Å². The third-order valence-electron chi connectivity index (χ3n) is 4.60. The number of piperidine rings is 1. The van der Waals surface area contributed by atoms with E-state index in [4.69, 9.17) is 11.6 Å². The minimum atomic E-state index is -0.738. The van der Waals surface area contributed by atoms with Crippen LogP contribution in [0, 0.1) is 0 Å². The second-order valence-corrected chi connectivity index (χ2v) is 10.1. The van der Waals surface area contributed by atoms with Crippen LogP contribution in [0.15, 0.2) is 18.2 Å². The summed E-state index contributed by atoms with van der Waals surface area (Å²) in [7, 11) is -0.738. The predicted molar refractivity (Wildman–Crippen MR) is 97.8 cm³/mol. The first kappa shape index (κ1) is 17.0. The highest BCUT2D eigenvalue weighted by molar-refractivity contribution is 6.71. The Kier molecular flexibility index (Phi) is 7.28. The molecule has 1 aliphatic heterocycles. The van der Waals surface area contributed by atoms with Gasteiger partial charge in [-0.05, 0) is 69.4 Å². The first-order valence-corrected chi connectivity index (χ1v) is 11.9. The van der Waals surface area contributed by atoms with Crippen molar-refractivity contribution >= 4 is 25.6 Å². The Morgan fingerprint density at radius 3 is 2.52 bits per heavy atom. The highest BCUT2D eigenvalue weighted by Crippen LogP contribution is 2.14. The quantitative estimate of drug-likeness (QED) is 0.536. The molecule has 118 valence electrons. The fraction of sp³-hybridized carbons (Fsp3) is 0.667. The molecule has 1 aromatic rings. The molecule has 3 heteroatoms. The number of hydrogen-bond donors (Lipinski definition) is 0. The van der Waals surface area contributed by atoms with E-state index in [1.165, 1.54) is 70.1 Å². The lowest BCUT2D eigenvalue weighted by Gasteiger charge is -2.26. The van der Waals surface area contributed by atoms with Crippen molar-refractivity contribution < 1.29 is 0 Å². The van der Waals surface area contributed by atoms with Crippen molar-refractivity contribution in [2.24, 2.45) is 0 Å². The van der Waals surface area contributed by atoms with Crippen LogP contribution >= 0.6 is 11.6 Å². The molecule has 1 saturated heterocycles. The Balaban J connectivity index is 1.71. The summed E-state index contributed by atoms with van der Waals surface area (Å²) >= 11 is 6.17. The highest BCUT2D eigenvalue weighted by atomic mass is 35.5. The van der Waals surface area contributed by atoms with Crippen LogP contribution in [0.2, 0.25) is 18.1 Å². The Morgan fingerprint density at radius 1 is 1.05 bits per heavy atom. The number of hydrogen-bond acceptors (Lipinski definition) is 1. The van der Waals surface area contributed by atoms with Gasteiger partial charge in [-0.1, -0.05) is 48.8 Å². The maximum absolute atomic E-state index is 6.17. The van der Waals surface area contributed by atoms with Crippen molar-refractivity contribution in [3.05, 3.63) is 28.8 Å². The fourth-order valence-electron chi connectivity index (χ4n) is 3.36. The smallest absolute Gasteiger partial charge is 0.0650 e.